The highest BCUT2D eigenvalue weighted by Gasteiger charge is 2.15. The molecule has 0 saturated heterocycles. The maximum Gasteiger partial charge on any atom is 0.223 e. The molecular weight excluding hydrogens is 200 g/mol. The largest absolute Gasteiger partial charge is 0.399 e. The normalized spacial score (nSPS) is 12.5. The average molecular weight is 220 g/mol. The molecule has 0 aromatic heterocycles. The Bertz CT molecular complexity index is 343. The van der Waals surface area contributed by atoms with Crippen LogP contribution in [0.4, 0.5) is 5.69 Å². The zero-order chi connectivity index (χ0) is 12.1. The molecule has 0 heterocycles. The van der Waals surface area contributed by atoms with Crippen molar-refractivity contribution in [2.24, 2.45) is 11.8 Å². The van der Waals surface area contributed by atoms with Gasteiger partial charge >= 0.3 is 0 Å². The molecule has 1 amide bonds. The molecule has 0 aliphatic carbocycles. The van der Waals surface area contributed by atoms with Crippen molar-refractivity contribution in [3.05, 3.63) is 29.8 Å². The first-order chi connectivity index (χ1) is 7.50. The van der Waals surface area contributed by atoms with Gasteiger partial charge < -0.3 is 11.1 Å². The minimum Gasteiger partial charge on any atom is -0.399 e. The molecule has 1 atom stereocenters. The summed E-state index contributed by atoms with van der Waals surface area (Å²) in [5.74, 6) is 0.520. The third-order valence-electron chi connectivity index (χ3n) is 2.86. The molecule has 0 radical (unpaired) electrons. The van der Waals surface area contributed by atoms with Crippen LogP contribution in [0.5, 0.6) is 0 Å². The number of carbonyl (C=O) groups excluding carboxylic acids is 1. The highest BCUT2D eigenvalue weighted by atomic mass is 16.1. The zero-order valence-corrected chi connectivity index (χ0v) is 10.2. The second-order valence-corrected chi connectivity index (χ2v) is 4.49. The number of amides is 1. The van der Waals surface area contributed by atoms with E-state index in [9.17, 15) is 4.79 Å². The van der Waals surface area contributed by atoms with Gasteiger partial charge in [0.25, 0.3) is 0 Å². The smallest absolute Gasteiger partial charge is 0.223 e. The fraction of sp³-hybridized carbons (Fsp3) is 0.462. The van der Waals surface area contributed by atoms with Crippen LogP contribution >= 0.6 is 0 Å². The SMILES string of the molecule is CC(C)C(C)C(=O)NCc1ccc(N)cc1. The van der Waals surface area contributed by atoms with Crippen LogP contribution in [-0.2, 0) is 11.3 Å². The molecule has 3 heteroatoms. The number of anilines is 1. The van der Waals surface area contributed by atoms with Crippen molar-refractivity contribution in [3.8, 4) is 0 Å². The Balaban J connectivity index is 2.46. The monoisotopic (exact) mass is 220 g/mol. The predicted octanol–water partition coefficient (Wildman–Crippen LogP) is 2.18. The Labute approximate surface area is 97.0 Å². The van der Waals surface area contributed by atoms with E-state index in [0.29, 0.717) is 12.5 Å². The van der Waals surface area contributed by atoms with Crippen LogP contribution in [0.1, 0.15) is 26.3 Å². The van der Waals surface area contributed by atoms with Crippen molar-refractivity contribution >= 4 is 11.6 Å². The summed E-state index contributed by atoms with van der Waals surface area (Å²) >= 11 is 0. The summed E-state index contributed by atoms with van der Waals surface area (Å²) in [7, 11) is 0. The van der Waals surface area contributed by atoms with Gasteiger partial charge in [-0.2, -0.15) is 0 Å². The van der Waals surface area contributed by atoms with Crippen molar-refractivity contribution < 1.29 is 4.79 Å². The molecule has 1 unspecified atom stereocenters. The molecule has 1 aromatic rings. The number of nitrogen functional groups attached to an aromatic ring is 1. The number of rotatable bonds is 4. The molecule has 1 aromatic carbocycles. The predicted molar refractivity (Wildman–Crippen MR) is 66.7 cm³/mol. The Morgan fingerprint density at radius 2 is 1.81 bits per heavy atom. The van der Waals surface area contributed by atoms with Crippen LogP contribution in [0.15, 0.2) is 24.3 Å². The van der Waals surface area contributed by atoms with Crippen molar-refractivity contribution in [2.75, 3.05) is 5.73 Å². The Kier molecular flexibility index (Phi) is 4.35. The highest BCUT2D eigenvalue weighted by molar-refractivity contribution is 5.78. The molecule has 3 nitrogen and oxygen atoms in total. The summed E-state index contributed by atoms with van der Waals surface area (Å²) in [4.78, 5) is 11.7. The summed E-state index contributed by atoms with van der Waals surface area (Å²) in [6, 6.07) is 7.53. The van der Waals surface area contributed by atoms with Gasteiger partial charge in [-0.05, 0) is 23.6 Å². The summed E-state index contributed by atoms with van der Waals surface area (Å²) in [5.41, 5.74) is 7.39. The number of carbonyl (C=O) groups is 1. The summed E-state index contributed by atoms with van der Waals surface area (Å²) < 4.78 is 0. The van der Waals surface area contributed by atoms with Crippen LogP contribution in [-0.4, -0.2) is 5.91 Å². The van der Waals surface area contributed by atoms with E-state index in [2.05, 4.69) is 5.32 Å². The lowest BCUT2D eigenvalue weighted by molar-refractivity contribution is -0.125. The third kappa shape index (κ3) is 3.57. The quantitative estimate of drug-likeness (QED) is 0.764. The van der Waals surface area contributed by atoms with Gasteiger partial charge in [-0.3, -0.25) is 4.79 Å². The lowest BCUT2D eigenvalue weighted by Crippen LogP contribution is -2.31. The summed E-state index contributed by atoms with van der Waals surface area (Å²) in [6.07, 6.45) is 0. The maximum absolute atomic E-state index is 11.7. The summed E-state index contributed by atoms with van der Waals surface area (Å²) in [6.45, 7) is 6.61. The molecule has 0 saturated carbocycles. The van der Waals surface area contributed by atoms with Crippen molar-refractivity contribution in [3.63, 3.8) is 0 Å². The van der Waals surface area contributed by atoms with Gasteiger partial charge in [-0.15, -0.1) is 0 Å². The second kappa shape index (κ2) is 5.54. The molecule has 0 spiro atoms. The molecule has 0 bridgehead atoms. The highest BCUT2D eigenvalue weighted by Crippen LogP contribution is 2.10. The standard InChI is InChI=1S/C13H20N2O/c1-9(2)10(3)13(16)15-8-11-4-6-12(14)7-5-11/h4-7,9-10H,8,14H2,1-3H3,(H,15,16). The molecule has 1 rings (SSSR count). The Hall–Kier alpha value is -1.51. The van der Waals surface area contributed by atoms with Crippen molar-refractivity contribution in [2.45, 2.75) is 27.3 Å². The van der Waals surface area contributed by atoms with E-state index in [4.69, 9.17) is 5.73 Å². The van der Waals surface area contributed by atoms with Crippen molar-refractivity contribution in [1.82, 2.24) is 5.32 Å². The average Bonchev–Trinajstić information content (AvgIpc) is 2.26. The van der Waals surface area contributed by atoms with Crippen molar-refractivity contribution in [1.29, 1.82) is 0 Å². The molecule has 3 N–H and O–H groups in total. The van der Waals surface area contributed by atoms with E-state index in [1.807, 2.05) is 45.0 Å². The maximum atomic E-state index is 11.7. The first-order valence-electron chi connectivity index (χ1n) is 5.63. The topological polar surface area (TPSA) is 55.1 Å². The zero-order valence-electron chi connectivity index (χ0n) is 10.2. The van der Waals surface area contributed by atoms with Gasteiger partial charge in [0.1, 0.15) is 0 Å². The first kappa shape index (κ1) is 12.6. The van der Waals surface area contributed by atoms with Crippen LogP contribution in [0, 0.1) is 11.8 Å². The van der Waals surface area contributed by atoms with Crippen LogP contribution in [0.25, 0.3) is 0 Å². The number of benzene rings is 1. The minimum absolute atomic E-state index is 0.0498. The van der Waals surface area contributed by atoms with E-state index in [0.717, 1.165) is 11.3 Å². The number of nitrogens with one attached hydrogen (secondary N) is 1. The van der Waals surface area contributed by atoms with Gasteiger partial charge in [-0.1, -0.05) is 32.9 Å². The van der Waals surface area contributed by atoms with Crippen LogP contribution in [0.3, 0.4) is 0 Å². The minimum atomic E-state index is 0.0498. The van der Waals surface area contributed by atoms with Gasteiger partial charge in [0, 0.05) is 18.2 Å². The van der Waals surface area contributed by atoms with Gasteiger partial charge in [0.15, 0.2) is 0 Å². The molecule has 16 heavy (non-hydrogen) atoms. The molecule has 88 valence electrons. The summed E-state index contributed by atoms with van der Waals surface area (Å²) in [5, 5.41) is 2.92. The van der Waals surface area contributed by atoms with Gasteiger partial charge in [-0.25, -0.2) is 0 Å². The van der Waals surface area contributed by atoms with Crippen LogP contribution < -0.4 is 11.1 Å². The van der Waals surface area contributed by atoms with E-state index >= 15 is 0 Å². The Morgan fingerprint density at radius 3 is 2.31 bits per heavy atom. The van der Waals surface area contributed by atoms with Gasteiger partial charge in [0.2, 0.25) is 5.91 Å². The van der Waals surface area contributed by atoms with Crippen LogP contribution in [0.2, 0.25) is 0 Å². The third-order valence-corrected chi connectivity index (χ3v) is 2.86. The fourth-order valence-corrected chi connectivity index (χ4v) is 1.29. The Morgan fingerprint density at radius 1 is 1.25 bits per heavy atom. The van der Waals surface area contributed by atoms with E-state index in [1.54, 1.807) is 0 Å². The second-order valence-electron chi connectivity index (χ2n) is 4.49. The lowest BCUT2D eigenvalue weighted by atomic mass is 9.97. The number of nitrogens with two attached hydrogens (primary N) is 1. The number of hydrogen-bond donors (Lipinski definition) is 2. The first-order valence-corrected chi connectivity index (χ1v) is 5.63. The number of hydrogen-bond acceptors (Lipinski definition) is 2. The van der Waals surface area contributed by atoms with E-state index < -0.39 is 0 Å². The van der Waals surface area contributed by atoms with E-state index in [1.165, 1.54) is 0 Å². The molecule has 0 aliphatic heterocycles. The molecule has 0 aliphatic rings. The molecule has 0 fully saturated rings. The fourth-order valence-electron chi connectivity index (χ4n) is 1.29. The van der Waals surface area contributed by atoms with Gasteiger partial charge in [0.05, 0.1) is 0 Å². The van der Waals surface area contributed by atoms with E-state index in [-0.39, 0.29) is 11.8 Å². The lowest BCUT2D eigenvalue weighted by Gasteiger charge is -2.15. The molecular formula is C13H20N2O.